The van der Waals surface area contributed by atoms with Crippen molar-refractivity contribution < 1.29 is 0 Å². The van der Waals surface area contributed by atoms with E-state index in [1.54, 1.807) is 0 Å². The number of benzene rings is 2. The molecule has 18 heavy (non-hydrogen) atoms. The van der Waals surface area contributed by atoms with Gasteiger partial charge < -0.3 is 0 Å². The van der Waals surface area contributed by atoms with Crippen LogP contribution in [0.5, 0.6) is 0 Å². The molecule has 0 nitrogen and oxygen atoms in total. The van der Waals surface area contributed by atoms with Crippen molar-refractivity contribution >= 4 is 23.5 Å². The maximum atomic E-state index is 2.28. The molecule has 0 amide bonds. The molecule has 0 aliphatic carbocycles. The molecule has 0 fully saturated rings. The largest absolute Gasteiger partial charge is 0.122 e. The van der Waals surface area contributed by atoms with Gasteiger partial charge in [0.2, 0.25) is 0 Å². The molecule has 0 N–H and O–H groups in total. The minimum atomic E-state index is 1.11. The number of hydrogen-bond acceptors (Lipinski definition) is 2. The summed E-state index contributed by atoms with van der Waals surface area (Å²) < 4.78 is 0. The number of rotatable bonds is 7. The summed E-state index contributed by atoms with van der Waals surface area (Å²) in [7, 11) is 0. The molecule has 0 spiro atoms. The van der Waals surface area contributed by atoms with Crippen LogP contribution in [-0.4, -0.2) is 0 Å². The van der Waals surface area contributed by atoms with E-state index >= 15 is 0 Å². The standard InChI is InChI=1S/C16H16S2/c1-3-9-15(10-4-1)17-13-7-8-14-18-16-11-5-2-6-12-16/h1-6,9-14H,7-8H2. The minimum Gasteiger partial charge on any atom is -0.122 e. The predicted molar refractivity (Wildman–Crippen MR) is 82.4 cm³/mol. The number of thioether (sulfide) groups is 2. The summed E-state index contributed by atoms with van der Waals surface area (Å²) in [6.07, 6.45) is 2.22. The Morgan fingerprint density at radius 2 is 1.00 bits per heavy atom. The lowest BCUT2D eigenvalue weighted by molar-refractivity contribution is 1.02. The molecule has 2 aromatic carbocycles. The molecule has 2 radical (unpaired) electrons. The normalized spacial score (nSPS) is 10.4. The van der Waals surface area contributed by atoms with Gasteiger partial charge in [0.1, 0.15) is 0 Å². The van der Waals surface area contributed by atoms with Crippen LogP contribution in [0, 0.1) is 11.5 Å². The quantitative estimate of drug-likeness (QED) is 0.470. The molecule has 92 valence electrons. The van der Waals surface area contributed by atoms with Crippen LogP contribution in [0.25, 0.3) is 0 Å². The van der Waals surface area contributed by atoms with E-state index in [9.17, 15) is 0 Å². The highest BCUT2D eigenvalue weighted by Crippen LogP contribution is 2.26. The van der Waals surface area contributed by atoms with E-state index in [0.717, 1.165) is 12.8 Å². The van der Waals surface area contributed by atoms with Crippen LogP contribution < -0.4 is 0 Å². The van der Waals surface area contributed by atoms with Gasteiger partial charge in [-0.1, -0.05) is 36.4 Å². The van der Waals surface area contributed by atoms with Gasteiger partial charge in [-0.2, -0.15) is 0 Å². The first-order valence-electron chi connectivity index (χ1n) is 6.02. The zero-order valence-corrected chi connectivity index (χ0v) is 11.8. The highest BCUT2D eigenvalue weighted by molar-refractivity contribution is 8.01. The van der Waals surface area contributed by atoms with Crippen molar-refractivity contribution in [3.05, 3.63) is 72.2 Å². The molecule has 2 aromatic rings. The van der Waals surface area contributed by atoms with Crippen molar-refractivity contribution in [3.63, 3.8) is 0 Å². The van der Waals surface area contributed by atoms with Crippen LogP contribution >= 0.6 is 23.5 Å². The SMILES string of the molecule is [CH](CC[CH]Sc1ccccc1)Sc1ccccc1. The first kappa shape index (κ1) is 13.6. The van der Waals surface area contributed by atoms with Gasteiger partial charge in [-0.25, -0.2) is 0 Å². The molecular weight excluding hydrogens is 256 g/mol. The third-order valence-corrected chi connectivity index (χ3v) is 4.22. The highest BCUT2D eigenvalue weighted by Gasteiger charge is 1.95. The van der Waals surface area contributed by atoms with E-state index in [1.807, 2.05) is 35.7 Å². The van der Waals surface area contributed by atoms with Crippen molar-refractivity contribution in [1.82, 2.24) is 0 Å². The molecule has 0 saturated heterocycles. The highest BCUT2D eigenvalue weighted by atomic mass is 32.2. The monoisotopic (exact) mass is 272 g/mol. The second-order valence-electron chi connectivity index (χ2n) is 3.77. The lowest BCUT2D eigenvalue weighted by atomic mass is 10.4. The van der Waals surface area contributed by atoms with Crippen LogP contribution in [-0.2, 0) is 0 Å². The van der Waals surface area contributed by atoms with Crippen LogP contribution in [0.15, 0.2) is 70.5 Å². The summed E-state index contributed by atoms with van der Waals surface area (Å²) in [5.41, 5.74) is 0. The molecule has 0 aliphatic heterocycles. The summed E-state index contributed by atoms with van der Waals surface area (Å²) in [6, 6.07) is 21.0. The summed E-state index contributed by atoms with van der Waals surface area (Å²) in [5.74, 6) is 4.55. The van der Waals surface area contributed by atoms with E-state index in [1.165, 1.54) is 9.79 Å². The van der Waals surface area contributed by atoms with Gasteiger partial charge in [0.15, 0.2) is 0 Å². The lowest BCUT2D eigenvalue weighted by Crippen LogP contribution is -1.76. The fourth-order valence-electron chi connectivity index (χ4n) is 1.44. The molecule has 2 rings (SSSR count). The fraction of sp³-hybridized carbons (Fsp3) is 0.125. The van der Waals surface area contributed by atoms with Gasteiger partial charge in [-0.15, -0.1) is 23.5 Å². The van der Waals surface area contributed by atoms with Crippen molar-refractivity contribution in [3.8, 4) is 0 Å². The molecular formula is C16H16S2. The second-order valence-corrected chi connectivity index (χ2v) is 5.85. The van der Waals surface area contributed by atoms with E-state index in [0.29, 0.717) is 0 Å². The Bertz CT molecular complexity index is 382. The molecule has 0 bridgehead atoms. The molecule has 0 heterocycles. The average molecular weight is 272 g/mol. The Morgan fingerprint density at radius 1 is 0.611 bits per heavy atom. The van der Waals surface area contributed by atoms with Gasteiger partial charge in [-0.05, 0) is 37.1 Å². The predicted octanol–water partition coefficient (Wildman–Crippen LogP) is 5.67. The van der Waals surface area contributed by atoms with Crippen LogP contribution in [0.3, 0.4) is 0 Å². The lowest BCUT2D eigenvalue weighted by Gasteiger charge is -2.02. The van der Waals surface area contributed by atoms with Crippen molar-refractivity contribution in [1.29, 1.82) is 0 Å². The van der Waals surface area contributed by atoms with Crippen LogP contribution in [0.4, 0.5) is 0 Å². The Kier molecular flexibility index (Phi) is 6.24. The van der Waals surface area contributed by atoms with E-state index in [4.69, 9.17) is 0 Å². The van der Waals surface area contributed by atoms with E-state index in [2.05, 4.69) is 60.0 Å². The van der Waals surface area contributed by atoms with Crippen LogP contribution in [0.1, 0.15) is 12.8 Å². The van der Waals surface area contributed by atoms with Crippen molar-refractivity contribution in [2.24, 2.45) is 0 Å². The topological polar surface area (TPSA) is 0 Å². The Morgan fingerprint density at radius 3 is 1.39 bits per heavy atom. The van der Waals surface area contributed by atoms with Gasteiger partial charge in [0.25, 0.3) is 0 Å². The fourth-order valence-corrected chi connectivity index (χ4v) is 2.97. The first-order valence-corrected chi connectivity index (χ1v) is 7.78. The zero-order valence-electron chi connectivity index (χ0n) is 10.2. The van der Waals surface area contributed by atoms with Gasteiger partial charge >= 0.3 is 0 Å². The third kappa shape index (κ3) is 5.19. The summed E-state index contributed by atoms with van der Waals surface area (Å²) >= 11 is 3.62. The zero-order chi connectivity index (χ0) is 12.5. The van der Waals surface area contributed by atoms with Gasteiger partial charge in [0.05, 0.1) is 0 Å². The summed E-state index contributed by atoms with van der Waals surface area (Å²) in [6.45, 7) is 0. The second kappa shape index (κ2) is 8.28. The molecule has 0 unspecified atom stereocenters. The Hall–Kier alpha value is -0.860. The molecule has 0 saturated carbocycles. The van der Waals surface area contributed by atoms with Gasteiger partial charge in [0, 0.05) is 21.3 Å². The maximum absolute atomic E-state index is 2.28. The van der Waals surface area contributed by atoms with Gasteiger partial charge in [-0.3, -0.25) is 0 Å². The molecule has 0 aromatic heterocycles. The molecule has 0 atom stereocenters. The Labute approximate surface area is 118 Å². The Balaban J connectivity index is 1.54. The minimum absolute atomic E-state index is 1.11. The molecule has 2 heteroatoms. The maximum Gasteiger partial charge on any atom is 0.0217 e. The van der Waals surface area contributed by atoms with E-state index < -0.39 is 0 Å². The smallest absolute Gasteiger partial charge is 0.0217 e. The van der Waals surface area contributed by atoms with Crippen LogP contribution in [0.2, 0.25) is 0 Å². The third-order valence-electron chi connectivity index (χ3n) is 2.33. The number of unbranched alkanes of at least 4 members (excludes halogenated alkanes) is 1. The van der Waals surface area contributed by atoms with E-state index in [-0.39, 0.29) is 0 Å². The molecule has 0 aliphatic rings. The first-order chi connectivity index (χ1) is 8.95. The van der Waals surface area contributed by atoms with Crippen molar-refractivity contribution in [2.75, 3.05) is 0 Å². The number of hydrogen-bond donors (Lipinski definition) is 0. The summed E-state index contributed by atoms with van der Waals surface area (Å²) in [4.78, 5) is 2.63. The van der Waals surface area contributed by atoms with Crippen molar-refractivity contribution in [2.45, 2.75) is 22.6 Å². The summed E-state index contributed by atoms with van der Waals surface area (Å²) in [5, 5.41) is 0. The average Bonchev–Trinajstić information content (AvgIpc) is 2.45.